The molecule has 6 heteroatoms. The highest BCUT2D eigenvalue weighted by atomic mass is 32.2. The van der Waals surface area contributed by atoms with Crippen LogP contribution in [0.2, 0.25) is 0 Å². The second-order valence-corrected chi connectivity index (χ2v) is 4.55. The van der Waals surface area contributed by atoms with E-state index in [4.69, 9.17) is 9.88 Å². The quantitative estimate of drug-likeness (QED) is 0.798. The Morgan fingerprint density at radius 2 is 2.14 bits per heavy atom. The lowest BCUT2D eigenvalue weighted by atomic mass is 10.4. The fourth-order valence-corrected chi connectivity index (χ4v) is 1.52. The minimum Gasteiger partial charge on any atom is -0.474 e. The van der Waals surface area contributed by atoms with E-state index in [1.165, 1.54) is 18.3 Å². The number of sulfonamides is 1. The van der Waals surface area contributed by atoms with Crippen LogP contribution in [-0.2, 0) is 10.0 Å². The first-order valence-electron chi connectivity index (χ1n) is 4.05. The topological polar surface area (TPSA) is 82.3 Å². The van der Waals surface area contributed by atoms with Crippen molar-refractivity contribution in [3.63, 3.8) is 0 Å². The Morgan fingerprint density at radius 3 is 2.64 bits per heavy atom. The van der Waals surface area contributed by atoms with Crippen LogP contribution < -0.4 is 9.88 Å². The molecule has 0 fully saturated rings. The lowest BCUT2D eigenvalue weighted by Gasteiger charge is -2.10. The van der Waals surface area contributed by atoms with Gasteiger partial charge in [-0.1, -0.05) is 0 Å². The molecular formula is C8H12N2O3S. The van der Waals surface area contributed by atoms with Crippen molar-refractivity contribution in [3.8, 4) is 5.88 Å². The zero-order valence-corrected chi connectivity index (χ0v) is 8.78. The molecule has 1 rings (SSSR count). The van der Waals surface area contributed by atoms with Crippen LogP contribution >= 0.6 is 0 Å². The Labute approximate surface area is 83.0 Å². The van der Waals surface area contributed by atoms with Crippen molar-refractivity contribution in [2.75, 3.05) is 0 Å². The van der Waals surface area contributed by atoms with Crippen LogP contribution in [0.5, 0.6) is 5.88 Å². The van der Waals surface area contributed by atoms with E-state index < -0.39 is 10.0 Å². The molecule has 0 saturated carbocycles. The van der Waals surface area contributed by atoms with E-state index in [0.717, 1.165) is 0 Å². The Balaban J connectivity index is 3.17. The average molecular weight is 216 g/mol. The van der Waals surface area contributed by atoms with Gasteiger partial charge in [-0.15, -0.1) is 0 Å². The smallest absolute Gasteiger partial charge is 0.243 e. The van der Waals surface area contributed by atoms with E-state index >= 15 is 0 Å². The van der Waals surface area contributed by atoms with Crippen molar-refractivity contribution in [2.45, 2.75) is 24.8 Å². The molecule has 0 spiro atoms. The van der Waals surface area contributed by atoms with Crippen molar-refractivity contribution in [1.29, 1.82) is 0 Å². The minimum atomic E-state index is -3.77. The van der Waals surface area contributed by atoms with Gasteiger partial charge in [0, 0.05) is 6.20 Å². The zero-order chi connectivity index (χ0) is 10.8. The third kappa shape index (κ3) is 2.68. The van der Waals surface area contributed by atoms with Gasteiger partial charge < -0.3 is 4.74 Å². The second kappa shape index (κ2) is 3.93. The van der Waals surface area contributed by atoms with Gasteiger partial charge in [0.25, 0.3) is 0 Å². The number of hydrogen-bond acceptors (Lipinski definition) is 4. The highest BCUT2D eigenvalue weighted by Gasteiger charge is 2.16. The lowest BCUT2D eigenvalue weighted by Crippen LogP contribution is -2.16. The number of hydrogen-bond donors (Lipinski definition) is 1. The van der Waals surface area contributed by atoms with Gasteiger partial charge in [0.05, 0.1) is 6.10 Å². The van der Waals surface area contributed by atoms with Gasteiger partial charge in [-0.2, -0.15) is 0 Å². The van der Waals surface area contributed by atoms with E-state index in [0.29, 0.717) is 0 Å². The molecule has 0 atom stereocenters. The molecule has 5 nitrogen and oxygen atoms in total. The first-order chi connectivity index (χ1) is 6.41. The molecule has 1 aromatic heterocycles. The summed E-state index contributed by atoms with van der Waals surface area (Å²) in [6, 6.07) is 2.85. The maximum Gasteiger partial charge on any atom is 0.243 e. The van der Waals surface area contributed by atoms with Gasteiger partial charge >= 0.3 is 0 Å². The fraction of sp³-hybridized carbons (Fsp3) is 0.375. The molecule has 0 radical (unpaired) electrons. The summed E-state index contributed by atoms with van der Waals surface area (Å²) in [4.78, 5) is 3.71. The standard InChI is InChI=1S/C8H12N2O3S/c1-6(2)13-8-7(14(9,11)12)4-3-5-10-8/h3-6H,1-2H3,(H2,9,11,12). The molecule has 0 aliphatic heterocycles. The Bertz CT molecular complexity index is 414. The predicted molar refractivity (Wildman–Crippen MR) is 51.4 cm³/mol. The Morgan fingerprint density at radius 1 is 1.50 bits per heavy atom. The third-order valence-corrected chi connectivity index (χ3v) is 2.31. The molecule has 0 unspecified atom stereocenters. The number of primary sulfonamides is 1. The fourth-order valence-electron chi connectivity index (χ4n) is 0.904. The van der Waals surface area contributed by atoms with E-state index in [1.54, 1.807) is 13.8 Å². The van der Waals surface area contributed by atoms with Crippen molar-refractivity contribution in [2.24, 2.45) is 5.14 Å². The number of ether oxygens (including phenoxy) is 1. The van der Waals surface area contributed by atoms with Crippen LogP contribution in [0, 0.1) is 0 Å². The monoisotopic (exact) mass is 216 g/mol. The van der Waals surface area contributed by atoms with Crippen molar-refractivity contribution >= 4 is 10.0 Å². The van der Waals surface area contributed by atoms with Crippen LogP contribution in [0.4, 0.5) is 0 Å². The molecule has 0 amide bonds. The van der Waals surface area contributed by atoms with Crippen molar-refractivity contribution < 1.29 is 13.2 Å². The van der Waals surface area contributed by atoms with Gasteiger partial charge in [-0.05, 0) is 26.0 Å². The molecule has 0 aromatic carbocycles. The van der Waals surface area contributed by atoms with Crippen LogP contribution in [0.3, 0.4) is 0 Å². The van der Waals surface area contributed by atoms with E-state index in [9.17, 15) is 8.42 Å². The molecule has 78 valence electrons. The highest BCUT2D eigenvalue weighted by Crippen LogP contribution is 2.19. The normalized spacial score (nSPS) is 11.7. The van der Waals surface area contributed by atoms with Crippen LogP contribution in [0.15, 0.2) is 23.2 Å². The third-order valence-electron chi connectivity index (χ3n) is 1.39. The summed E-state index contributed by atoms with van der Waals surface area (Å²) >= 11 is 0. The maximum atomic E-state index is 11.1. The summed E-state index contributed by atoms with van der Waals surface area (Å²) in [5, 5.41) is 4.99. The summed E-state index contributed by atoms with van der Waals surface area (Å²) in [5.41, 5.74) is 0. The summed E-state index contributed by atoms with van der Waals surface area (Å²) < 4.78 is 27.4. The molecular weight excluding hydrogens is 204 g/mol. The number of rotatable bonds is 3. The molecule has 0 saturated heterocycles. The number of nitrogens with zero attached hydrogens (tertiary/aromatic N) is 1. The summed E-state index contributed by atoms with van der Waals surface area (Å²) in [6.45, 7) is 3.56. The second-order valence-electron chi connectivity index (χ2n) is 3.02. The van der Waals surface area contributed by atoms with Gasteiger partial charge in [-0.25, -0.2) is 18.5 Å². The molecule has 14 heavy (non-hydrogen) atoms. The van der Waals surface area contributed by atoms with E-state index in [2.05, 4.69) is 4.98 Å². The maximum absolute atomic E-state index is 11.1. The summed E-state index contributed by atoms with van der Waals surface area (Å²) in [7, 11) is -3.77. The highest BCUT2D eigenvalue weighted by molar-refractivity contribution is 7.89. The number of nitrogens with two attached hydrogens (primary N) is 1. The number of aromatic nitrogens is 1. The van der Waals surface area contributed by atoms with Crippen LogP contribution in [0.25, 0.3) is 0 Å². The van der Waals surface area contributed by atoms with Gasteiger partial charge in [0.2, 0.25) is 15.9 Å². The van der Waals surface area contributed by atoms with E-state index in [-0.39, 0.29) is 16.9 Å². The van der Waals surface area contributed by atoms with Crippen LogP contribution in [-0.4, -0.2) is 19.5 Å². The zero-order valence-electron chi connectivity index (χ0n) is 7.97. The first kappa shape index (κ1) is 10.9. The SMILES string of the molecule is CC(C)Oc1ncccc1S(N)(=O)=O. The average Bonchev–Trinajstić information content (AvgIpc) is 2.01. The number of pyridine rings is 1. The largest absolute Gasteiger partial charge is 0.474 e. The Hall–Kier alpha value is -1.14. The lowest BCUT2D eigenvalue weighted by molar-refractivity contribution is 0.225. The first-order valence-corrected chi connectivity index (χ1v) is 5.60. The molecule has 2 N–H and O–H groups in total. The summed E-state index contributed by atoms with van der Waals surface area (Å²) in [5.74, 6) is 0.0463. The van der Waals surface area contributed by atoms with Crippen molar-refractivity contribution in [3.05, 3.63) is 18.3 Å². The molecule has 1 aromatic rings. The Kier molecular flexibility index (Phi) is 3.07. The van der Waals surface area contributed by atoms with Crippen LogP contribution in [0.1, 0.15) is 13.8 Å². The molecule has 0 aliphatic carbocycles. The molecule has 1 heterocycles. The molecule has 0 aliphatic rings. The van der Waals surface area contributed by atoms with Gasteiger partial charge in [0.15, 0.2) is 0 Å². The van der Waals surface area contributed by atoms with Crippen molar-refractivity contribution in [1.82, 2.24) is 4.98 Å². The van der Waals surface area contributed by atoms with Gasteiger partial charge in [0.1, 0.15) is 4.90 Å². The van der Waals surface area contributed by atoms with E-state index in [1.807, 2.05) is 0 Å². The summed E-state index contributed by atoms with van der Waals surface area (Å²) in [6.07, 6.45) is 1.30. The molecule has 0 bridgehead atoms. The van der Waals surface area contributed by atoms with Gasteiger partial charge in [-0.3, -0.25) is 0 Å². The minimum absolute atomic E-state index is 0.0463. The predicted octanol–water partition coefficient (Wildman–Crippen LogP) is 0.516.